The fraction of sp³-hybridized carbons (Fsp3) is 0.818. The second-order valence-electron chi connectivity index (χ2n) is 5.19. The third kappa shape index (κ3) is 1.98. The molecule has 4 heteroatoms. The molecule has 1 heterocycles. The van der Waals surface area contributed by atoms with Gasteiger partial charge in [0, 0.05) is 18.0 Å². The van der Waals surface area contributed by atoms with Gasteiger partial charge in [-0.05, 0) is 26.7 Å². The molecule has 0 spiro atoms. The Balaban J connectivity index is 2.12. The van der Waals surface area contributed by atoms with Crippen LogP contribution in [0.15, 0.2) is 0 Å². The Labute approximate surface area is 90.0 Å². The van der Waals surface area contributed by atoms with Gasteiger partial charge in [0.15, 0.2) is 0 Å². The number of nitrogens with zero attached hydrogens (tertiary/aromatic N) is 1. The predicted molar refractivity (Wildman–Crippen MR) is 56.3 cm³/mol. The van der Waals surface area contributed by atoms with Crippen molar-refractivity contribution >= 4 is 11.9 Å². The van der Waals surface area contributed by atoms with E-state index in [1.165, 1.54) is 4.90 Å². The summed E-state index contributed by atoms with van der Waals surface area (Å²) in [6.07, 6.45) is 4.62. The molecule has 1 N–H and O–H groups in total. The normalized spacial score (nSPS) is 26.9. The second-order valence-corrected chi connectivity index (χ2v) is 5.19. The Hall–Kier alpha value is -1.06. The Morgan fingerprint density at radius 3 is 2.40 bits per heavy atom. The van der Waals surface area contributed by atoms with Crippen molar-refractivity contribution in [2.45, 2.75) is 57.5 Å². The van der Waals surface area contributed by atoms with Gasteiger partial charge >= 0.3 is 6.03 Å². The third-order valence-electron chi connectivity index (χ3n) is 3.22. The number of amides is 3. The Morgan fingerprint density at radius 1 is 1.27 bits per heavy atom. The summed E-state index contributed by atoms with van der Waals surface area (Å²) in [5.74, 6) is -0.0179. The van der Waals surface area contributed by atoms with Crippen molar-refractivity contribution in [3.05, 3.63) is 0 Å². The zero-order chi connectivity index (χ0) is 11.1. The summed E-state index contributed by atoms with van der Waals surface area (Å²) in [7, 11) is 0. The van der Waals surface area contributed by atoms with Gasteiger partial charge in [0.2, 0.25) is 5.91 Å². The molecule has 4 nitrogen and oxygen atoms in total. The minimum Gasteiger partial charge on any atom is -0.332 e. The molecule has 2 aliphatic rings. The highest BCUT2D eigenvalue weighted by Crippen LogP contribution is 2.27. The molecule has 3 amide bonds. The lowest BCUT2D eigenvalue weighted by Crippen LogP contribution is -2.61. The fourth-order valence-electron chi connectivity index (χ4n) is 2.50. The van der Waals surface area contributed by atoms with Gasteiger partial charge in [0.25, 0.3) is 0 Å². The summed E-state index contributed by atoms with van der Waals surface area (Å²) in [4.78, 5) is 25.1. The van der Waals surface area contributed by atoms with Gasteiger partial charge in [-0.25, -0.2) is 4.79 Å². The van der Waals surface area contributed by atoms with Crippen LogP contribution >= 0.6 is 0 Å². The fourth-order valence-corrected chi connectivity index (χ4v) is 2.50. The third-order valence-corrected chi connectivity index (χ3v) is 3.22. The number of imide groups is 1. The number of carbonyl (C=O) groups is 2. The Bertz CT molecular complexity index is 273. The van der Waals surface area contributed by atoms with E-state index in [0.29, 0.717) is 6.42 Å². The van der Waals surface area contributed by atoms with E-state index in [0.717, 1.165) is 25.7 Å². The van der Waals surface area contributed by atoms with Gasteiger partial charge in [-0.3, -0.25) is 9.69 Å². The molecular weight excluding hydrogens is 192 g/mol. The molecule has 1 saturated carbocycles. The van der Waals surface area contributed by atoms with Crippen molar-refractivity contribution in [2.24, 2.45) is 0 Å². The smallest absolute Gasteiger partial charge is 0.324 e. The van der Waals surface area contributed by atoms with Crippen LogP contribution in [-0.4, -0.2) is 28.4 Å². The molecule has 2 rings (SSSR count). The van der Waals surface area contributed by atoms with Gasteiger partial charge in [0.05, 0.1) is 0 Å². The number of rotatable bonds is 1. The first-order valence-electron chi connectivity index (χ1n) is 5.64. The summed E-state index contributed by atoms with van der Waals surface area (Å²) >= 11 is 0. The van der Waals surface area contributed by atoms with Gasteiger partial charge in [-0.2, -0.15) is 0 Å². The van der Waals surface area contributed by atoms with E-state index >= 15 is 0 Å². The lowest BCUT2D eigenvalue weighted by atomic mass is 9.97. The molecule has 0 aromatic heterocycles. The molecule has 0 aromatic carbocycles. The maximum atomic E-state index is 11.9. The topological polar surface area (TPSA) is 49.4 Å². The van der Waals surface area contributed by atoms with Crippen LogP contribution in [0.1, 0.15) is 46.0 Å². The van der Waals surface area contributed by atoms with E-state index in [-0.39, 0.29) is 23.5 Å². The second kappa shape index (κ2) is 3.51. The number of hydrogen-bond acceptors (Lipinski definition) is 2. The van der Waals surface area contributed by atoms with Gasteiger partial charge in [0.1, 0.15) is 0 Å². The zero-order valence-corrected chi connectivity index (χ0v) is 9.38. The molecule has 0 atom stereocenters. The predicted octanol–water partition coefficient (Wildman–Crippen LogP) is 1.65. The van der Waals surface area contributed by atoms with E-state index in [4.69, 9.17) is 0 Å². The van der Waals surface area contributed by atoms with Crippen LogP contribution in [0, 0.1) is 0 Å². The Kier molecular flexibility index (Phi) is 2.44. The highest BCUT2D eigenvalue weighted by molar-refractivity contribution is 5.98. The standard InChI is InChI=1S/C11H18N2O2/c1-11(2)7-9(14)13(10(15)12-11)8-5-3-4-6-8/h8H,3-7H2,1-2H3,(H,12,15). The molecule has 0 aromatic rings. The van der Waals surface area contributed by atoms with Crippen LogP contribution in [0.4, 0.5) is 4.79 Å². The van der Waals surface area contributed by atoms with E-state index in [9.17, 15) is 9.59 Å². The van der Waals surface area contributed by atoms with E-state index < -0.39 is 0 Å². The monoisotopic (exact) mass is 210 g/mol. The summed E-state index contributed by atoms with van der Waals surface area (Å²) in [6.45, 7) is 3.77. The average Bonchev–Trinajstić information content (AvgIpc) is 2.52. The van der Waals surface area contributed by atoms with Crippen molar-refractivity contribution < 1.29 is 9.59 Å². The molecule has 1 aliphatic heterocycles. The molecule has 1 saturated heterocycles. The summed E-state index contributed by atoms with van der Waals surface area (Å²) in [6, 6.07) is -0.0586. The first kappa shape index (κ1) is 10.5. The molecule has 2 fully saturated rings. The van der Waals surface area contributed by atoms with Gasteiger partial charge < -0.3 is 5.32 Å². The van der Waals surface area contributed by atoms with E-state index in [1.807, 2.05) is 13.8 Å². The summed E-state index contributed by atoms with van der Waals surface area (Å²) < 4.78 is 0. The average molecular weight is 210 g/mol. The maximum absolute atomic E-state index is 11.9. The van der Waals surface area contributed by atoms with Crippen molar-refractivity contribution in [2.75, 3.05) is 0 Å². The number of carbonyl (C=O) groups excluding carboxylic acids is 2. The van der Waals surface area contributed by atoms with Gasteiger partial charge in [-0.15, -0.1) is 0 Å². The van der Waals surface area contributed by atoms with Crippen molar-refractivity contribution in [1.29, 1.82) is 0 Å². The number of hydrogen-bond donors (Lipinski definition) is 1. The first-order valence-corrected chi connectivity index (χ1v) is 5.64. The molecule has 84 valence electrons. The highest BCUT2D eigenvalue weighted by atomic mass is 16.2. The van der Waals surface area contributed by atoms with Crippen LogP contribution < -0.4 is 5.32 Å². The lowest BCUT2D eigenvalue weighted by molar-refractivity contribution is -0.133. The zero-order valence-electron chi connectivity index (χ0n) is 9.38. The van der Waals surface area contributed by atoms with Crippen LogP contribution in [0.25, 0.3) is 0 Å². The van der Waals surface area contributed by atoms with Crippen molar-refractivity contribution in [1.82, 2.24) is 10.2 Å². The van der Waals surface area contributed by atoms with Crippen molar-refractivity contribution in [3.63, 3.8) is 0 Å². The maximum Gasteiger partial charge on any atom is 0.324 e. The van der Waals surface area contributed by atoms with Crippen LogP contribution in [0.2, 0.25) is 0 Å². The molecular formula is C11H18N2O2. The SMILES string of the molecule is CC1(C)CC(=O)N(C2CCCC2)C(=O)N1. The van der Waals surface area contributed by atoms with Crippen LogP contribution in [0.5, 0.6) is 0 Å². The van der Waals surface area contributed by atoms with Crippen LogP contribution in [0.3, 0.4) is 0 Å². The Morgan fingerprint density at radius 2 is 1.87 bits per heavy atom. The quantitative estimate of drug-likeness (QED) is 0.715. The number of urea groups is 1. The molecule has 0 bridgehead atoms. The molecule has 0 radical (unpaired) electrons. The van der Waals surface area contributed by atoms with Crippen molar-refractivity contribution in [3.8, 4) is 0 Å². The van der Waals surface area contributed by atoms with E-state index in [1.54, 1.807) is 0 Å². The van der Waals surface area contributed by atoms with Crippen LogP contribution in [-0.2, 0) is 4.79 Å². The molecule has 1 aliphatic carbocycles. The molecule has 15 heavy (non-hydrogen) atoms. The minimum atomic E-state index is -0.386. The highest BCUT2D eigenvalue weighted by Gasteiger charge is 2.40. The largest absolute Gasteiger partial charge is 0.332 e. The summed E-state index contributed by atoms with van der Waals surface area (Å²) in [5.41, 5.74) is -0.386. The van der Waals surface area contributed by atoms with E-state index in [2.05, 4.69) is 5.32 Å². The first-order chi connectivity index (χ1) is 6.99. The molecule has 0 unspecified atom stereocenters. The minimum absolute atomic E-state index is 0.0179. The van der Waals surface area contributed by atoms with Gasteiger partial charge in [-0.1, -0.05) is 12.8 Å². The summed E-state index contributed by atoms with van der Waals surface area (Å²) in [5, 5.41) is 2.88. The number of nitrogens with one attached hydrogen (secondary N) is 1. The lowest BCUT2D eigenvalue weighted by Gasteiger charge is -2.39.